The standard InChI is InChI=1S/C14H28N4O2.HI/c1-14(2,3)20-11-6-8-18(9-7-11)13(16-5)17-10-12(19)15-4;/h11H,6-10H2,1-5H3,(H,15,19)(H,16,17);1H. The SMILES string of the molecule is CN=C(NCC(=O)NC)N1CCC(OC(C)(C)C)CC1.I. The molecule has 0 atom stereocenters. The van der Waals surface area contributed by atoms with Crippen LogP contribution < -0.4 is 10.6 Å². The fraction of sp³-hybridized carbons (Fsp3) is 0.857. The molecule has 1 fully saturated rings. The van der Waals surface area contributed by atoms with Crippen LogP contribution in [0.2, 0.25) is 0 Å². The second-order valence-corrected chi connectivity index (χ2v) is 5.99. The van der Waals surface area contributed by atoms with Gasteiger partial charge in [0.2, 0.25) is 5.91 Å². The number of guanidine groups is 1. The summed E-state index contributed by atoms with van der Waals surface area (Å²) in [5, 5.41) is 5.66. The first-order valence-corrected chi connectivity index (χ1v) is 7.19. The predicted octanol–water partition coefficient (Wildman–Crippen LogP) is 1.21. The molecule has 2 N–H and O–H groups in total. The molecular weight excluding hydrogens is 383 g/mol. The summed E-state index contributed by atoms with van der Waals surface area (Å²) in [6.45, 7) is 8.31. The summed E-state index contributed by atoms with van der Waals surface area (Å²) >= 11 is 0. The zero-order chi connectivity index (χ0) is 15.2. The monoisotopic (exact) mass is 412 g/mol. The molecule has 0 saturated carbocycles. The number of amides is 1. The van der Waals surface area contributed by atoms with E-state index in [-0.39, 0.29) is 42.0 Å². The van der Waals surface area contributed by atoms with Gasteiger partial charge >= 0.3 is 0 Å². The molecule has 1 saturated heterocycles. The Bertz CT molecular complexity index is 347. The van der Waals surface area contributed by atoms with Gasteiger partial charge in [-0.05, 0) is 33.6 Å². The van der Waals surface area contributed by atoms with Crippen molar-refractivity contribution in [2.24, 2.45) is 4.99 Å². The van der Waals surface area contributed by atoms with E-state index >= 15 is 0 Å². The van der Waals surface area contributed by atoms with Gasteiger partial charge in [0.15, 0.2) is 5.96 Å². The maximum Gasteiger partial charge on any atom is 0.239 e. The zero-order valence-electron chi connectivity index (χ0n) is 13.7. The van der Waals surface area contributed by atoms with E-state index in [2.05, 4.69) is 41.3 Å². The minimum atomic E-state index is -0.0913. The highest BCUT2D eigenvalue weighted by molar-refractivity contribution is 14.0. The second-order valence-electron chi connectivity index (χ2n) is 5.99. The molecule has 0 spiro atoms. The molecule has 0 aliphatic carbocycles. The highest BCUT2D eigenvalue weighted by atomic mass is 127. The van der Waals surface area contributed by atoms with Crippen molar-refractivity contribution < 1.29 is 9.53 Å². The molecule has 0 unspecified atom stereocenters. The molecule has 1 aliphatic rings. The number of likely N-dealkylation sites (N-methyl/N-ethyl adjacent to an activating group) is 1. The number of rotatable bonds is 3. The number of aliphatic imine (C=N–C) groups is 1. The molecule has 0 aromatic carbocycles. The van der Waals surface area contributed by atoms with Crippen LogP contribution in [0.4, 0.5) is 0 Å². The maximum atomic E-state index is 11.3. The average molecular weight is 412 g/mol. The van der Waals surface area contributed by atoms with Gasteiger partial charge < -0.3 is 20.3 Å². The van der Waals surface area contributed by atoms with Gasteiger partial charge in [-0.1, -0.05) is 0 Å². The van der Waals surface area contributed by atoms with Crippen LogP contribution in [0.3, 0.4) is 0 Å². The smallest absolute Gasteiger partial charge is 0.239 e. The van der Waals surface area contributed by atoms with E-state index in [0.29, 0.717) is 6.10 Å². The van der Waals surface area contributed by atoms with E-state index in [1.807, 2.05) is 0 Å². The Morgan fingerprint density at radius 1 is 1.33 bits per heavy atom. The van der Waals surface area contributed by atoms with E-state index in [1.54, 1.807) is 14.1 Å². The van der Waals surface area contributed by atoms with Gasteiger partial charge in [0.1, 0.15) is 0 Å². The van der Waals surface area contributed by atoms with Crippen molar-refractivity contribution in [1.29, 1.82) is 0 Å². The number of piperidine rings is 1. The lowest BCUT2D eigenvalue weighted by molar-refractivity contribution is -0.119. The Morgan fingerprint density at radius 2 is 1.90 bits per heavy atom. The Balaban J connectivity index is 0.00000400. The molecule has 1 rings (SSSR count). The zero-order valence-corrected chi connectivity index (χ0v) is 16.1. The Kier molecular flexibility index (Phi) is 9.19. The quantitative estimate of drug-likeness (QED) is 0.416. The minimum absolute atomic E-state index is 0. The van der Waals surface area contributed by atoms with Crippen LogP contribution in [0.15, 0.2) is 4.99 Å². The molecule has 0 aromatic rings. The number of ether oxygens (including phenoxy) is 1. The van der Waals surface area contributed by atoms with E-state index < -0.39 is 0 Å². The van der Waals surface area contributed by atoms with Gasteiger partial charge in [-0.25, -0.2) is 0 Å². The lowest BCUT2D eigenvalue weighted by Crippen LogP contribution is -2.49. The lowest BCUT2D eigenvalue weighted by atomic mass is 10.1. The molecule has 0 bridgehead atoms. The number of hydrogen-bond donors (Lipinski definition) is 2. The summed E-state index contributed by atoms with van der Waals surface area (Å²) in [5.74, 6) is 0.736. The molecule has 7 heteroatoms. The first-order valence-electron chi connectivity index (χ1n) is 7.19. The number of nitrogens with one attached hydrogen (secondary N) is 2. The summed E-state index contributed by atoms with van der Waals surface area (Å²) in [4.78, 5) is 17.7. The summed E-state index contributed by atoms with van der Waals surface area (Å²) < 4.78 is 6.00. The first kappa shape index (κ1) is 20.4. The van der Waals surface area contributed by atoms with Crippen LogP contribution in [-0.2, 0) is 9.53 Å². The topological polar surface area (TPSA) is 66.0 Å². The number of carbonyl (C=O) groups is 1. The normalized spacial score (nSPS) is 17.2. The average Bonchev–Trinajstić information content (AvgIpc) is 2.39. The predicted molar refractivity (Wildman–Crippen MR) is 96.3 cm³/mol. The van der Waals surface area contributed by atoms with Crippen molar-refractivity contribution in [1.82, 2.24) is 15.5 Å². The summed E-state index contributed by atoms with van der Waals surface area (Å²) in [6.07, 6.45) is 2.28. The number of nitrogens with zero attached hydrogens (tertiary/aromatic N) is 2. The van der Waals surface area contributed by atoms with Crippen LogP contribution in [0.5, 0.6) is 0 Å². The van der Waals surface area contributed by atoms with Crippen LogP contribution >= 0.6 is 24.0 Å². The van der Waals surface area contributed by atoms with Crippen LogP contribution in [0.1, 0.15) is 33.6 Å². The number of halogens is 1. The molecule has 1 heterocycles. The van der Waals surface area contributed by atoms with Crippen LogP contribution in [0, 0.1) is 0 Å². The van der Waals surface area contributed by atoms with Crippen molar-refractivity contribution >= 4 is 35.8 Å². The van der Waals surface area contributed by atoms with Gasteiger partial charge in [0.05, 0.1) is 18.2 Å². The molecule has 6 nitrogen and oxygen atoms in total. The van der Waals surface area contributed by atoms with Gasteiger partial charge in [0, 0.05) is 27.2 Å². The molecule has 0 aromatic heterocycles. The summed E-state index contributed by atoms with van der Waals surface area (Å²) in [5.41, 5.74) is -0.0913. The number of hydrogen-bond acceptors (Lipinski definition) is 3. The third-order valence-electron chi connectivity index (χ3n) is 3.16. The van der Waals surface area contributed by atoms with E-state index in [0.717, 1.165) is 31.9 Å². The van der Waals surface area contributed by atoms with Crippen molar-refractivity contribution in [2.45, 2.75) is 45.3 Å². The number of carbonyl (C=O) groups excluding carboxylic acids is 1. The van der Waals surface area contributed by atoms with E-state index in [9.17, 15) is 4.79 Å². The van der Waals surface area contributed by atoms with E-state index in [1.165, 1.54) is 0 Å². The minimum Gasteiger partial charge on any atom is -0.372 e. The Morgan fingerprint density at radius 3 is 2.33 bits per heavy atom. The molecular formula is C14H29IN4O2. The van der Waals surface area contributed by atoms with Crippen LogP contribution in [0.25, 0.3) is 0 Å². The molecule has 1 aliphatic heterocycles. The highest BCUT2D eigenvalue weighted by Crippen LogP contribution is 2.20. The Hall–Kier alpha value is -0.570. The van der Waals surface area contributed by atoms with Gasteiger partial charge in [-0.2, -0.15) is 0 Å². The molecule has 21 heavy (non-hydrogen) atoms. The third-order valence-corrected chi connectivity index (χ3v) is 3.16. The van der Waals surface area contributed by atoms with Gasteiger partial charge in [-0.3, -0.25) is 9.79 Å². The first-order chi connectivity index (χ1) is 9.35. The van der Waals surface area contributed by atoms with Crippen molar-refractivity contribution in [3.63, 3.8) is 0 Å². The van der Waals surface area contributed by atoms with Gasteiger partial charge in [0.25, 0.3) is 0 Å². The molecule has 124 valence electrons. The number of likely N-dealkylation sites (tertiary alicyclic amines) is 1. The van der Waals surface area contributed by atoms with Gasteiger partial charge in [-0.15, -0.1) is 24.0 Å². The third kappa shape index (κ3) is 7.85. The van der Waals surface area contributed by atoms with E-state index in [4.69, 9.17) is 4.74 Å². The fourth-order valence-corrected chi connectivity index (χ4v) is 2.27. The Labute approximate surface area is 145 Å². The van der Waals surface area contributed by atoms with Crippen LogP contribution in [-0.4, -0.2) is 62.2 Å². The highest BCUT2D eigenvalue weighted by Gasteiger charge is 2.25. The fourth-order valence-electron chi connectivity index (χ4n) is 2.27. The summed E-state index contributed by atoms with van der Waals surface area (Å²) in [7, 11) is 3.37. The summed E-state index contributed by atoms with van der Waals surface area (Å²) in [6, 6.07) is 0. The van der Waals surface area contributed by atoms with Crippen molar-refractivity contribution in [2.75, 3.05) is 33.7 Å². The molecule has 1 amide bonds. The second kappa shape index (κ2) is 9.45. The molecule has 0 radical (unpaired) electrons. The maximum absolute atomic E-state index is 11.3. The largest absolute Gasteiger partial charge is 0.372 e. The van der Waals surface area contributed by atoms with Crippen molar-refractivity contribution in [3.05, 3.63) is 0 Å². The van der Waals surface area contributed by atoms with Crippen molar-refractivity contribution in [3.8, 4) is 0 Å². The lowest BCUT2D eigenvalue weighted by Gasteiger charge is -2.36.